The van der Waals surface area contributed by atoms with Gasteiger partial charge in [-0.25, -0.2) is 0 Å². The van der Waals surface area contributed by atoms with Gasteiger partial charge < -0.3 is 10.6 Å². The summed E-state index contributed by atoms with van der Waals surface area (Å²) in [5, 5.41) is 6.25. The Labute approximate surface area is 92.3 Å². The molecule has 1 rings (SSSR count). The first-order chi connectivity index (χ1) is 7.04. The Morgan fingerprint density at radius 3 is 2.80 bits per heavy atom. The number of piperidine rings is 1. The second kappa shape index (κ2) is 5.31. The van der Waals surface area contributed by atoms with Crippen LogP contribution in [0.4, 0.5) is 0 Å². The van der Waals surface area contributed by atoms with Crippen LogP contribution < -0.4 is 10.6 Å². The van der Waals surface area contributed by atoms with Gasteiger partial charge in [0.2, 0.25) is 5.91 Å². The molecule has 1 aliphatic heterocycles. The van der Waals surface area contributed by atoms with E-state index in [9.17, 15) is 4.79 Å². The summed E-state index contributed by atoms with van der Waals surface area (Å²) in [5.41, 5.74) is 1.02. The average molecular weight is 210 g/mol. The highest BCUT2D eigenvalue weighted by molar-refractivity contribution is 5.82. The molecule has 1 unspecified atom stereocenters. The molecule has 86 valence electrons. The molecule has 2 N–H and O–H groups in total. The Hall–Kier alpha value is -0.830. The normalized spacial score (nSPS) is 25.8. The van der Waals surface area contributed by atoms with E-state index in [0.29, 0.717) is 6.54 Å². The van der Waals surface area contributed by atoms with Gasteiger partial charge in [0.1, 0.15) is 0 Å². The number of amides is 1. The standard InChI is InChI=1S/C12H22N2O/c1-10(2)5-8-14-11(15)12(3)6-4-7-13-9-12/h5,13H,4,6-9H2,1-3H3,(H,14,15). The highest BCUT2D eigenvalue weighted by Gasteiger charge is 2.33. The zero-order valence-electron chi connectivity index (χ0n) is 10.0. The zero-order chi connectivity index (χ0) is 11.3. The van der Waals surface area contributed by atoms with Gasteiger partial charge in [-0.3, -0.25) is 4.79 Å². The topological polar surface area (TPSA) is 41.1 Å². The smallest absolute Gasteiger partial charge is 0.227 e. The lowest BCUT2D eigenvalue weighted by atomic mass is 9.82. The van der Waals surface area contributed by atoms with E-state index in [4.69, 9.17) is 0 Å². The lowest BCUT2D eigenvalue weighted by Crippen LogP contribution is -2.48. The molecule has 0 bridgehead atoms. The average Bonchev–Trinajstić information content (AvgIpc) is 2.18. The summed E-state index contributed by atoms with van der Waals surface area (Å²) in [6.45, 7) is 8.60. The third-order valence-corrected chi connectivity index (χ3v) is 2.92. The van der Waals surface area contributed by atoms with Crippen LogP contribution in [0.2, 0.25) is 0 Å². The lowest BCUT2D eigenvalue weighted by molar-refractivity contribution is -0.130. The molecular weight excluding hydrogens is 188 g/mol. The van der Waals surface area contributed by atoms with Crippen molar-refractivity contribution >= 4 is 5.91 Å². The van der Waals surface area contributed by atoms with Crippen LogP contribution in [0.5, 0.6) is 0 Å². The van der Waals surface area contributed by atoms with E-state index in [1.54, 1.807) is 0 Å². The summed E-state index contributed by atoms with van der Waals surface area (Å²) in [5.74, 6) is 0.173. The van der Waals surface area contributed by atoms with Crippen LogP contribution in [0.3, 0.4) is 0 Å². The highest BCUT2D eigenvalue weighted by Crippen LogP contribution is 2.25. The molecule has 1 heterocycles. The Morgan fingerprint density at radius 1 is 1.53 bits per heavy atom. The maximum Gasteiger partial charge on any atom is 0.227 e. The first kappa shape index (κ1) is 12.2. The van der Waals surface area contributed by atoms with Crippen LogP contribution in [0.25, 0.3) is 0 Å². The molecule has 0 aromatic heterocycles. The van der Waals surface area contributed by atoms with Gasteiger partial charge >= 0.3 is 0 Å². The Balaban J connectivity index is 2.41. The Kier molecular flexibility index (Phi) is 4.33. The molecule has 3 heteroatoms. The fourth-order valence-electron chi connectivity index (χ4n) is 1.81. The molecule has 1 atom stereocenters. The maximum absolute atomic E-state index is 11.9. The quantitative estimate of drug-likeness (QED) is 0.692. The SMILES string of the molecule is CC(C)=CCNC(=O)C1(C)CCCNC1. The molecule has 0 aliphatic carbocycles. The number of hydrogen-bond donors (Lipinski definition) is 2. The second-order valence-corrected chi connectivity index (χ2v) is 4.83. The molecule has 0 spiro atoms. The summed E-state index contributed by atoms with van der Waals surface area (Å²) < 4.78 is 0. The minimum Gasteiger partial charge on any atom is -0.352 e. The van der Waals surface area contributed by atoms with Gasteiger partial charge in [-0.1, -0.05) is 11.6 Å². The van der Waals surface area contributed by atoms with Gasteiger partial charge in [0.25, 0.3) is 0 Å². The molecule has 0 radical (unpaired) electrons. The van der Waals surface area contributed by atoms with E-state index in [1.165, 1.54) is 5.57 Å². The summed E-state index contributed by atoms with van der Waals surface area (Å²) in [4.78, 5) is 11.9. The second-order valence-electron chi connectivity index (χ2n) is 4.83. The van der Waals surface area contributed by atoms with Crippen molar-refractivity contribution in [2.45, 2.75) is 33.6 Å². The van der Waals surface area contributed by atoms with Crippen LogP contribution >= 0.6 is 0 Å². The van der Waals surface area contributed by atoms with Crippen molar-refractivity contribution in [3.8, 4) is 0 Å². The molecule has 1 aliphatic rings. The minimum absolute atomic E-state index is 0.173. The number of allylic oxidation sites excluding steroid dienone is 1. The zero-order valence-corrected chi connectivity index (χ0v) is 10.0. The van der Waals surface area contributed by atoms with E-state index in [2.05, 4.69) is 10.6 Å². The van der Waals surface area contributed by atoms with E-state index in [1.807, 2.05) is 26.8 Å². The first-order valence-electron chi connectivity index (χ1n) is 5.67. The van der Waals surface area contributed by atoms with E-state index in [0.717, 1.165) is 25.9 Å². The van der Waals surface area contributed by atoms with Crippen LogP contribution in [-0.2, 0) is 4.79 Å². The maximum atomic E-state index is 11.9. The van der Waals surface area contributed by atoms with Crippen LogP contribution in [-0.4, -0.2) is 25.5 Å². The molecule has 1 amide bonds. The minimum atomic E-state index is -0.215. The predicted molar refractivity (Wildman–Crippen MR) is 62.7 cm³/mol. The Morgan fingerprint density at radius 2 is 2.27 bits per heavy atom. The van der Waals surface area contributed by atoms with Crippen molar-refractivity contribution in [3.05, 3.63) is 11.6 Å². The molecule has 1 fully saturated rings. The van der Waals surface area contributed by atoms with E-state index in [-0.39, 0.29) is 11.3 Å². The molecule has 0 saturated carbocycles. The number of nitrogens with one attached hydrogen (secondary N) is 2. The van der Waals surface area contributed by atoms with Gasteiger partial charge in [0, 0.05) is 13.1 Å². The summed E-state index contributed by atoms with van der Waals surface area (Å²) >= 11 is 0. The van der Waals surface area contributed by atoms with Crippen LogP contribution in [0.15, 0.2) is 11.6 Å². The first-order valence-corrected chi connectivity index (χ1v) is 5.67. The molecule has 0 aromatic rings. The summed E-state index contributed by atoms with van der Waals surface area (Å²) in [6.07, 6.45) is 4.12. The van der Waals surface area contributed by atoms with Gasteiger partial charge in [0.05, 0.1) is 5.41 Å². The van der Waals surface area contributed by atoms with Gasteiger partial charge in [0.15, 0.2) is 0 Å². The summed E-state index contributed by atoms with van der Waals surface area (Å²) in [6, 6.07) is 0. The summed E-state index contributed by atoms with van der Waals surface area (Å²) in [7, 11) is 0. The largest absolute Gasteiger partial charge is 0.352 e. The molecule has 15 heavy (non-hydrogen) atoms. The van der Waals surface area contributed by atoms with Gasteiger partial charge in [-0.05, 0) is 40.2 Å². The highest BCUT2D eigenvalue weighted by atomic mass is 16.2. The predicted octanol–water partition coefficient (Wildman–Crippen LogP) is 1.46. The van der Waals surface area contributed by atoms with Crippen molar-refractivity contribution in [1.82, 2.24) is 10.6 Å². The molecule has 3 nitrogen and oxygen atoms in total. The van der Waals surface area contributed by atoms with Crippen LogP contribution in [0, 0.1) is 5.41 Å². The van der Waals surface area contributed by atoms with Crippen molar-refractivity contribution in [2.24, 2.45) is 5.41 Å². The molecule has 0 aromatic carbocycles. The fourth-order valence-corrected chi connectivity index (χ4v) is 1.81. The lowest BCUT2D eigenvalue weighted by Gasteiger charge is -2.32. The Bertz CT molecular complexity index is 248. The van der Waals surface area contributed by atoms with E-state index >= 15 is 0 Å². The molecule has 1 saturated heterocycles. The van der Waals surface area contributed by atoms with Gasteiger partial charge in [-0.2, -0.15) is 0 Å². The van der Waals surface area contributed by atoms with Crippen molar-refractivity contribution < 1.29 is 4.79 Å². The third kappa shape index (κ3) is 3.67. The van der Waals surface area contributed by atoms with Crippen molar-refractivity contribution in [3.63, 3.8) is 0 Å². The van der Waals surface area contributed by atoms with Gasteiger partial charge in [-0.15, -0.1) is 0 Å². The van der Waals surface area contributed by atoms with Crippen LogP contribution in [0.1, 0.15) is 33.6 Å². The molecular formula is C12H22N2O. The van der Waals surface area contributed by atoms with Crippen molar-refractivity contribution in [2.75, 3.05) is 19.6 Å². The number of carbonyl (C=O) groups excluding carboxylic acids is 1. The van der Waals surface area contributed by atoms with Crippen molar-refractivity contribution in [1.29, 1.82) is 0 Å². The third-order valence-electron chi connectivity index (χ3n) is 2.92. The number of carbonyl (C=O) groups is 1. The fraction of sp³-hybridized carbons (Fsp3) is 0.750. The van der Waals surface area contributed by atoms with E-state index < -0.39 is 0 Å². The monoisotopic (exact) mass is 210 g/mol. The number of rotatable bonds is 3. The number of hydrogen-bond acceptors (Lipinski definition) is 2.